The minimum absolute atomic E-state index is 0.0801. The Hall–Kier alpha value is -1.43. The van der Waals surface area contributed by atoms with Crippen molar-refractivity contribution in [3.8, 4) is 0 Å². The molecule has 1 atom stereocenters. The number of rotatable bonds is 1. The molecule has 100 valence electrons. The molecule has 6 nitrogen and oxygen atoms in total. The zero-order chi connectivity index (χ0) is 13.3. The molecule has 1 aliphatic rings. The highest BCUT2D eigenvalue weighted by Crippen LogP contribution is 2.29. The van der Waals surface area contributed by atoms with Gasteiger partial charge in [-0.05, 0) is 25.2 Å². The van der Waals surface area contributed by atoms with E-state index in [1.165, 1.54) is 0 Å². The maximum Gasteiger partial charge on any atom is 0.276 e. The van der Waals surface area contributed by atoms with Crippen LogP contribution in [0, 0.1) is 12.3 Å². The molecule has 0 unspecified atom stereocenters. The first-order chi connectivity index (χ1) is 8.39. The molecule has 1 amide bonds. The second-order valence-corrected chi connectivity index (χ2v) is 5.80. The minimum atomic E-state index is -0.337. The highest BCUT2D eigenvalue weighted by Gasteiger charge is 2.32. The topological polar surface area (TPSA) is 82.1 Å². The van der Waals surface area contributed by atoms with Crippen LogP contribution in [0.15, 0.2) is 0 Å². The Bertz CT molecular complexity index is 441. The van der Waals surface area contributed by atoms with Gasteiger partial charge in [0.15, 0.2) is 5.69 Å². The number of amides is 1. The van der Waals surface area contributed by atoms with Gasteiger partial charge in [-0.25, -0.2) is 0 Å². The largest absolute Gasteiger partial charge is 0.393 e. The van der Waals surface area contributed by atoms with Crippen molar-refractivity contribution >= 4 is 5.91 Å². The molecule has 6 heteroatoms. The lowest BCUT2D eigenvalue weighted by molar-refractivity contribution is 0.0698. The van der Waals surface area contributed by atoms with Crippen LogP contribution in [-0.2, 0) is 0 Å². The molecular formula is C12H20N4O2. The first-order valence-corrected chi connectivity index (χ1v) is 6.24. The quantitative estimate of drug-likeness (QED) is 0.772. The van der Waals surface area contributed by atoms with Crippen molar-refractivity contribution in [2.75, 3.05) is 13.1 Å². The van der Waals surface area contributed by atoms with Crippen molar-refractivity contribution in [2.45, 2.75) is 39.7 Å². The number of aryl methyl sites for hydroxylation is 1. The number of H-pyrrole nitrogens is 1. The van der Waals surface area contributed by atoms with E-state index in [2.05, 4.69) is 29.3 Å². The van der Waals surface area contributed by atoms with Gasteiger partial charge in [0.1, 0.15) is 0 Å². The zero-order valence-corrected chi connectivity index (χ0v) is 11.1. The number of hydrogen-bond donors (Lipinski definition) is 2. The third-order valence-electron chi connectivity index (χ3n) is 3.35. The summed E-state index contributed by atoms with van der Waals surface area (Å²) in [5.74, 6) is -0.108. The molecular weight excluding hydrogens is 232 g/mol. The number of aliphatic hydroxyl groups is 1. The van der Waals surface area contributed by atoms with Crippen LogP contribution in [0.3, 0.4) is 0 Å². The average molecular weight is 252 g/mol. The van der Waals surface area contributed by atoms with Gasteiger partial charge >= 0.3 is 0 Å². The first-order valence-electron chi connectivity index (χ1n) is 6.24. The molecule has 2 rings (SSSR count). The molecule has 0 bridgehead atoms. The maximum atomic E-state index is 12.4. The fourth-order valence-electron chi connectivity index (χ4n) is 2.51. The molecule has 2 heterocycles. The summed E-state index contributed by atoms with van der Waals surface area (Å²) in [6, 6.07) is 0. The van der Waals surface area contributed by atoms with Gasteiger partial charge in [0.25, 0.3) is 5.91 Å². The number of hydrogen-bond acceptors (Lipinski definition) is 4. The Morgan fingerprint density at radius 3 is 2.83 bits per heavy atom. The van der Waals surface area contributed by atoms with Crippen molar-refractivity contribution < 1.29 is 9.90 Å². The van der Waals surface area contributed by atoms with Gasteiger partial charge in [0.05, 0.1) is 11.8 Å². The molecule has 2 N–H and O–H groups in total. The van der Waals surface area contributed by atoms with Crippen LogP contribution in [-0.4, -0.2) is 50.5 Å². The van der Waals surface area contributed by atoms with E-state index >= 15 is 0 Å². The summed E-state index contributed by atoms with van der Waals surface area (Å²) in [6.07, 6.45) is 0.997. The van der Waals surface area contributed by atoms with Crippen LogP contribution >= 0.6 is 0 Å². The maximum absolute atomic E-state index is 12.4. The Labute approximate surface area is 106 Å². The third-order valence-corrected chi connectivity index (χ3v) is 3.35. The molecule has 1 aliphatic heterocycles. The SMILES string of the molecule is Cc1n[nH]nc1C(=O)N1CC[C@H](O)CC(C)(C)C1. The van der Waals surface area contributed by atoms with E-state index in [0.717, 1.165) is 0 Å². The Balaban J connectivity index is 2.18. The number of aliphatic hydroxyl groups excluding tert-OH is 1. The summed E-state index contributed by atoms with van der Waals surface area (Å²) in [5, 5.41) is 20.1. The summed E-state index contributed by atoms with van der Waals surface area (Å²) in [5.41, 5.74) is 0.910. The van der Waals surface area contributed by atoms with Crippen LogP contribution in [0.4, 0.5) is 0 Å². The number of likely N-dealkylation sites (tertiary alicyclic amines) is 1. The summed E-state index contributed by atoms with van der Waals surface area (Å²) >= 11 is 0. The van der Waals surface area contributed by atoms with Crippen molar-refractivity contribution in [3.63, 3.8) is 0 Å². The van der Waals surface area contributed by atoms with Gasteiger partial charge in [0, 0.05) is 13.1 Å². The van der Waals surface area contributed by atoms with Crippen LogP contribution in [0.25, 0.3) is 0 Å². The fourth-order valence-corrected chi connectivity index (χ4v) is 2.51. The van der Waals surface area contributed by atoms with Gasteiger partial charge in [0.2, 0.25) is 0 Å². The molecule has 1 fully saturated rings. The average Bonchev–Trinajstić information content (AvgIpc) is 2.62. The zero-order valence-electron chi connectivity index (χ0n) is 11.1. The van der Waals surface area contributed by atoms with Gasteiger partial charge in [-0.3, -0.25) is 4.79 Å². The minimum Gasteiger partial charge on any atom is -0.393 e. The first kappa shape index (κ1) is 13.0. The van der Waals surface area contributed by atoms with Crippen molar-refractivity contribution in [1.29, 1.82) is 0 Å². The number of nitrogens with zero attached hydrogens (tertiary/aromatic N) is 3. The van der Waals surface area contributed by atoms with Crippen LogP contribution in [0.1, 0.15) is 42.9 Å². The van der Waals surface area contributed by atoms with Crippen LogP contribution < -0.4 is 0 Å². The summed E-state index contributed by atoms with van der Waals surface area (Å²) < 4.78 is 0. The lowest BCUT2D eigenvalue weighted by Gasteiger charge is -2.29. The lowest BCUT2D eigenvalue weighted by atomic mass is 9.87. The van der Waals surface area contributed by atoms with E-state index < -0.39 is 0 Å². The summed E-state index contributed by atoms with van der Waals surface area (Å²) in [7, 11) is 0. The predicted octanol–water partition coefficient (Wildman–Crippen LogP) is 0.736. The number of aromatic amines is 1. The molecule has 0 saturated carbocycles. The smallest absolute Gasteiger partial charge is 0.276 e. The van der Waals surface area contributed by atoms with E-state index in [0.29, 0.717) is 37.3 Å². The molecule has 0 spiro atoms. The Morgan fingerprint density at radius 2 is 2.22 bits per heavy atom. The fraction of sp³-hybridized carbons (Fsp3) is 0.750. The van der Waals surface area contributed by atoms with Gasteiger partial charge in [-0.1, -0.05) is 13.8 Å². The van der Waals surface area contributed by atoms with Crippen molar-refractivity contribution in [1.82, 2.24) is 20.3 Å². The molecule has 18 heavy (non-hydrogen) atoms. The Morgan fingerprint density at radius 1 is 1.50 bits per heavy atom. The van der Waals surface area contributed by atoms with Crippen LogP contribution in [0.2, 0.25) is 0 Å². The third kappa shape index (κ3) is 2.69. The van der Waals surface area contributed by atoms with Crippen LogP contribution in [0.5, 0.6) is 0 Å². The molecule has 0 aromatic carbocycles. The van der Waals surface area contributed by atoms with E-state index in [1.807, 2.05) is 0 Å². The lowest BCUT2D eigenvalue weighted by Crippen LogP contribution is -2.38. The highest BCUT2D eigenvalue weighted by molar-refractivity contribution is 5.93. The van der Waals surface area contributed by atoms with E-state index in [-0.39, 0.29) is 17.4 Å². The molecule has 0 aliphatic carbocycles. The number of nitrogens with one attached hydrogen (secondary N) is 1. The highest BCUT2D eigenvalue weighted by atomic mass is 16.3. The second kappa shape index (κ2) is 4.68. The monoisotopic (exact) mass is 252 g/mol. The second-order valence-electron chi connectivity index (χ2n) is 5.80. The van der Waals surface area contributed by atoms with E-state index in [9.17, 15) is 9.90 Å². The normalized spacial score (nSPS) is 23.8. The van der Waals surface area contributed by atoms with Gasteiger partial charge < -0.3 is 10.0 Å². The summed E-state index contributed by atoms with van der Waals surface area (Å²) in [4.78, 5) is 14.1. The van der Waals surface area contributed by atoms with Gasteiger partial charge in [-0.2, -0.15) is 15.4 Å². The number of aromatic nitrogens is 3. The van der Waals surface area contributed by atoms with Crippen molar-refractivity contribution in [2.24, 2.45) is 5.41 Å². The summed E-state index contributed by atoms with van der Waals surface area (Å²) in [6.45, 7) is 7.09. The molecule has 1 saturated heterocycles. The standard InChI is InChI=1S/C12H20N4O2/c1-8-10(14-15-13-8)11(18)16-5-4-9(17)6-12(2,3)7-16/h9,17H,4-7H2,1-3H3,(H,13,14,15)/t9-/m0/s1. The number of carbonyl (C=O) groups is 1. The van der Waals surface area contributed by atoms with E-state index in [1.54, 1.807) is 11.8 Å². The Kier molecular flexibility index (Phi) is 3.38. The van der Waals surface area contributed by atoms with Gasteiger partial charge in [-0.15, -0.1) is 0 Å². The molecule has 0 radical (unpaired) electrons. The molecule has 1 aromatic heterocycles. The van der Waals surface area contributed by atoms with Crippen molar-refractivity contribution in [3.05, 3.63) is 11.4 Å². The van der Waals surface area contributed by atoms with E-state index in [4.69, 9.17) is 0 Å². The predicted molar refractivity (Wildman–Crippen MR) is 66.0 cm³/mol. The number of carbonyl (C=O) groups excluding carboxylic acids is 1. The molecule has 1 aromatic rings.